The van der Waals surface area contributed by atoms with E-state index in [1.165, 1.54) is 16.6 Å². The van der Waals surface area contributed by atoms with Crippen molar-refractivity contribution < 1.29 is 4.74 Å². The van der Waals surface area contributed by atoms with Crippen LogP contribution in [0.2, 0.25) is 5.02 Å². The van der Waals surface area contributed by atoms with Gasteiger partial charge in [0.15, 0.2) is 0 Å². The predicted molar refractivity (Wildman–Crippen MR) is 72.5 cm³/mol. The van der Waals surface area contributed by atoms with Crippen molar-refractivity contribution in [3.05, 3.63) is 28.4 Å². The van der Waals surface area contributed by atoms with Crippen LogP contribution >= 0.6 is 24.0 Å². The van der Waals surface area contributed by atoms with E-state index in [-0.39, 0.29) is 12.4 Å². The summed E-state index contributed by atoms with van der Waals surface area (Å²) < 4.78 is 5.35. The van der Waals surface area contributed by atoms with Gasteiger partial charge < -0.3 is 15.0 Å². The van der Waals surface area contributed by atoms with Crippen LogP contribution in [-0.4, -0.2) is 18.6 Å². The summed E-state index contributed by atoms with van der Waals surface area (Å²) in [7, 11) is 1.67. The van der Waals surface area contributed by atoms with Crippen LogP contribution in [0.5, 0.6) is 5.75 Å². The number of methoxy groups -OCH3 is 1. The molecule has 0 atom stereocenters. The number of hydrogen-bond acceptors (Lipinski definition) is 2. The van der Waals surface area contributed by atoms with Crippen molar-refractivity contribution in [3.8, 4) is 5.75 Å². The normalized spacial score (nSPS) is 14.2. The number of fused-ring (bicyclic) bond motifs is 3. The Morgan fingerprint density at radius 1 is 1.35 bits per heavy atom. The first-order valence-corrected chi connectivity index (χ1v) is 5.75. The fourth-order valence-electron chi connectivity index (χ4n) is 2.36. The highest BCUT2D eigenvalue weighted by Crippen LogP contribution is 2.34. The molecule has 0 unspecified atom stereocenters. The first-order chi connectivity index (χ1) is 7.79. The minimum Gasteiger partial charge on any atom is -0.495 e. The van der Waals surface area contributed by atoms with Gasteiger partial charge in [-0.2, -0.15) is 0 Å². The average Bonchev–Trinajstić information content (AvgIpc) is 2.67. The van der Waals surface area contributed by atoms with E-state index >= 15 is 0 Å². The van der Waals surface area contributed by atoms with Gasteiger partial charge in [-0.3, -0.25) is 0 Å². The van der Waals surface area contributed by atoms with E-state index in [4.69, 9.17) is 16.3 Å². The summed E-state index contributed by atoms with van der Waals surface area (Å²) in [5.41, 5.74) is 3.68. The number of H-pyrrole nitrogens is 1. The summed E-state index contributed by atoms with van der Waals surface area (Å²) in [4.78, 5) is 3.42. The fraction of sp³-hybridized carbons (Fsp3) is 0.333. The van der Waals surface area contributed by atoms with Crippen molar-refractivity contribution in [2.24, 2.45) is 0 Å². The molecule has 0 saturated heterocycles. The summed E-state index contributed by atoms with van der Waals surface area (Å²) in [5, 5.41) is 5.27. The molecule has 92 valence electrons. The highest BCUT2D eigenvalue weighted by molar-refractivity contribution is 6.31. The van der Waals surface area contributed by atoms with E-state index in [0.717, 1.165) is 35.8 Å². The highest BCUT2D eigenvalue weighted by Gasteiger charge is 2.17. The van der Waals surface area contributed by atoms with Gasteiger partial charge in [0, 0.05) is 28.7 Å². The molecule has 5 heteroatoms. The summed E-state index contributed by atoms with van der Waals surface area (Å²) >= 11 is 6.09. The highest BCUT2D eigenvalue weighted by atomic mass is 35.5. The molecule has 1 aliphatic rings. The number of hydrogen-bond donors (Lipinski definition) is 2. The fourth-order valence-corrected chi connectivity index (χ4v) is 2.57. The zero-order chi connectivity index (χ0) is 11.1. The van der Waals surface area contributed by atoms with Gasteiger partial charge in [0.25, 0.3) is 0 Å². The van der Waals surface area contributed by atoms with Crippen molar-refractivity contribution in [2.75, 3.05) is 13.7 Å². The van der Waals surface area contributed by atoms with Gasteiger partial charge in [0.2, 0.25) is 0 Å². The largest absolute Gasteiger partial charge is 0.495 e. The van der Waals surface area contributed by atoms with Crippen LogP contribution in [0.15, 0.2) is 12.1 Å². The van der Waals surface area contributed by atoms with E-state index in [0.29, 0.717) is 0 Å². The number of halogens is 2. The molecule has 1 aromatic carbocycles. The minimum atomic E-state index is 0. The molecule has 0 spiro atoms. The topological polar surface area (TPSA) is 37.0 Å². The van der Waals surface area contributed by atoms with Crippen molar-refractivity contribution in [1.82, 2.24) is 10.3 Å². The van der Waals surface area contributed by atoms with Crippen molar-refractivity contribution in [3.63, 3.8) is 0 Å². The lowest BCUT2D eigenvalue weighted by atomic mass is 10.0. The van der Waals surface area contributed by atoms with E-state index < -0.39 is 0 Å². The molecule has 3 rings (SSSR count). The summed E-state index contributed by atoms with van der Waals surface area (Å²) in [6.07, 6.45) is 1.04. The number of ether oxygens (including phenoxy) is 1. The Morgan fingerprint density at radius 3 is 2.94 bits per heavy atom. The molecular formula is C12H14Cl2N2O. The molecule has 3 nitrogen and oxygen atoms in total. The standard InChI is InChI=1S/C12H13ClN2O.ClH/c1-16-11-5-7(13)4-9-8-2-3-14-6-10(8)15-12(9)11;/h4-5,14-15H,2-3,6H2,1H3;1H. The number of rotatable bonds is 1. The second-order valence-electron chi connectivity index (χ2n) is 4.04. The summed E-state index contributed by atoms with van der Waals surface area (Å²) in [6, 6.07) is 3.86. The Morgan fingerprint density at radius 2 is 2.18 bits per heavy atom. The van der Waals surface area contributed by atoms with Gasteiger partial charge >= 0.3 is 0 Å². The number of aromatic nitrogens is 1. The molecule has 0 radical (unpaired) electrons. The van der Waals surface area contributed by atoms with Crippen LogP contribution in [0.25, 0.3) is 10.9 Å². The van der Waals surface area contributed by atoms with E-state index in [1.54, 1.807) is 7.11 Å². The van der Waals surface area contributed by atoms with Crippen molar-refractivity contribution in [2.45, 2.75) is 13.0 Å². The van der Waals surface area contributed by atoms with E-state index in [1.807, 2.05) is 12.1 Å². The van der Waals surface area contributed by atoms with Gasteiger partial charge in [0.1, 0.15) is 5.75 Å². The SMILES string of the molecule is COc1cc(Cl)cc2c3c([nH]c12)CNCC3.Cl. The predicted octanol–water partition coefficient (Wildman–Crippen LogP) is 2.90. The molecular weight excluding hydrogens is 259 g/mol. The Labute approximate surface area is 111 Å². The van der Waals surface area contributed by atoms with Crippen LogP contribution in [0, 0.1) is 0 Å². The molecule has 0 saturated carbocycles. The molecule has 0 fully saturated rings. The first kappa shape index (κ1) is 12.6. The lowest BCUT2D eigenvalue weighted by Gasteiger charge is -2.12. The second-order valence-corrected chi connectivity index (χ2v) is 4.48. The van der Waals surface area contributed by atoms with Crippen LogP contribution < -0.4 is 10.1 Å². The monoisotopic (exact) mass is 272 g/mol. The van der Waals surface area contributed by atoms with E-state index in [2.05, 4.69) is 10.3 Å². The van der Waals surface area contributed by atoms with Crippen LogP contribution in [0.1, 0.15) is 11.3 Å². The molecule has 1 aliphatic heterocycles. The second kappa shape index (κ2) is 4.77. The first-order valence-electron chi connectivity index (χ1n) is 5.37. The molecule has 2 N–H and O–H groups in total. The maximum Gasteiger partial charge on any atom is 0.144 e. The molecule has 1 aromatic heterocycles. The van der Waals surface area contributed by atoms with E-state index in [9.17, 15) is 0 Å². The van der Waals surface area contributed by atoms with Gasteiger partial charge in [-0.15, -0.1) is 12.4 Å². The molecule has 0 amide bonds. The Hall–Kier alpha value is -0.900. The van der Waals surface area contributed by atoms with Crippen LogP contribution in [0.3, 0.4) is 0 Å². The molecule has 0 bridgehead atoms. The minimum absolute atomic E-state index is 0. The van der Waals surface area contributed by atoms with Gasteiger partial charge in [-0.05, 0) is 24.6 Å². The summed E-state index contributed by atoms with van der Waals surface area (Å²) in [5.74, 6) is 0.817. The maximum atomic E-state index is 6.09. The third-order valence-electron chi connectivity index (χ3n) is 3.11. The van der Waals surface area contributed by atoms with Crippen LogP contribution in [0.4, 0.5) is 0 Å². The van der Waals surface area contributed by atoms with Gasteiger partial charge in [0.05, 0.1) is 12.6 Å². The smallest absolute Gasteiger partial charge is 0.144 e. The lowest BCUT2D eigenvalue weighted by molar-refractivity contribution is 0.419. The molecule has 2 aromatic rings. The van der Waals surface area contributed by atoms with Crippen LogP contribution in [-0.2, 0) is 13.0 Å². The lowest BCUT2D eigenvalue weighted by Crippen LogP contribution is -2.22. The summed E-state index contributed by atoms with van der Waals surface area (Å²) in [6.45, 7) is 1.92. The van der Waals surface area contributed by atoms with Crippen molar-refractivity contribution in [1.29, 1.82) is 0 Å². The zero-order valence-corrected chi connectivity index (χ0v) is 11.0. The molecule has 17 heavy (non-hydrogen) atoms. The zero-order valence-electron chi connectivity index (χ0n) is 9.47. The molecule has 2 heterocycles. The Bertz CT molecular complexity index is 551. The maximum absolute atomic E-state index is 6.09. The third kappa shape index (κ3) is 1.99. The Balaban J connectivity index is 0.00000108. The molecule has 0 aliphatic carbocycles. The number of aromatic amines is 1. The van der Waals surface area contributed by atoms with Crippen molar-refractivity contribution >= 4 is 34.9 Å². The van der Waals surface area contributed by atoms with Gasteiger partial charge in [-0.25, -0.2) is 0 Å². The average molecular weight is 273 g/mol. The number of benzene rings is 1. The quantitative estimate of drug-likeness (QED) is 0.838. The van der Waals surface area contributed by atoms with Gasteiger partial charge in [-0.1, -0.05) is 11.6 Å². The Kier molecular flexibility index (Phi) is 3.52. The number of nitrogens with one attached hydrogen (secondary N) is 2. The third-order valence-corrected chi connectivity index (χ3v) is 3.32.